The van der Waals surface area contributed by atoms with Gasteiger partial charge in [0.2, 0.25) is 10.0 Å². The minimum Gasteiger partial charge on any atom is -0.456 e. The lowest BCUT2D eigenvalue weighted by Gasteiger charge is -2.11. The Morgan fingerprint density at radius 2 is 1.81 bits per heavy atom. The van der Waals surface area contributed by atoms with Crippen molar-refractivity contribution < 1.29 is 17.5 Å². The predicted octanol–water partition coefficient (Wildman–Crippen LogP) is 3.88. The summed E-state index contributed by atoms with van der Waals surface area (Å²) < 4.78 is 41.8. The minimum absolute atomic E-state index is 0.177. The largest absolute Gasteiger partial charge is 0.456 e. The average molecular weight is 350 g/mol. The molecule has 0 unspecified atom stereocenters. The SMILES string of the molecule is Cc1ccc(Oc2cc(Cl)c(F)cc2S(N)(=O)=O)cc1Cl. The zero-order chi connectivity index (χ0) is 15.8. The molecule has 0 radical (unpaired) electrons. The van der Waals surface area contributed by atoms with Crippen LogP contribution in [0.3, 0.4) is 0 Å². The molecular formula is C13H10Cl2FNO3S. The molecule has 0 aliphatic carbocycles. The maximum absolute atomic E-state index is 13.4. The monoisotopic (exact) mass is 349 g/mol. The molecule has 2 aromatic rings. The van der Waals surface area contributed by atoms with Crippen molar-refractivity contribution in [2.24, 2.45) is 5.14 Å². The molecule has 2 N–H and O–H groups in total. The van der Waals surface area contributed by atoms with Crippen LogP contribution in [0, 0.1) is 12.7 Å². The van der Waals surface area contributed by atoms with Crippen LogP contribution >= 0.6 is 23.2 Å². The van der Waals surface area contributed by atoms with E-state index in [0.717, 1.165) is 11.6 Å². The average Bonchev–Trinajstić information content (AvgIpc) is 2.36. The number of rotatable bonds is 3. The van der Waals surface area contributed by atoms with Gasteiger partial charge in [-0.2, -0.15) is 0 Å². The second kappa shape index (κ2) is 5.81. The Balaban J connectivity index is 2.53. The molecule has 0 fully saturated rings. The number of aryl methyl sites for hydroxylation is 1. The van der Waals surface area contributed by atoms with E-state index in [1.165, 1.54) is 6.07 Å². The Bertz CT molecular complexity index is 809. The molecule has 0 atom stereocenters. The van der Waals surface area contributed by atoms with Crippen molar-refractivity contribution in [3.63, 3.8) is 0 Å². The first-order chi connectivity index (χ1) is 9.68. The van der Waals surface area contributed by atoms with Gasteiger partial charge in [0.1, 0.15) is 22.2 Å². The molecule has 0 spiro atoms. The molecule has 4 nitrogen and oxygen atoms in total. The summed E-state index contributed by atoms with van der Waals surface area (Å²) in [5.74, 6) is -0.808. The van der Waals surface area contributed by atoms with Crippen molar-refractivity contribution in [1.29, 1.82) is 0 Å². The fraction of sp³-hybridized carbons (Fsp3) is 0.0769. The normalized spacial score (nSPS) is 11.5. The van der Waals surface area contributed by atoms with Crippen LogP contribution in [0.1, 0.15) is 5.56 Å². The molecule has 2 aromatic carbocycles. The first-order valence-corrected chi connectivity index (χ1v) is 7.94. The van der Waals surface area contributed by atoms with Crippen molar-refractivity contribution in [3.8, 4) is 11.5 Å². The molecule has 2 rings (SSSR count). The summed E-state index contributed by atoms with van der Waals surface area (Å²) in [7, 11) is -4.17. The molecular weight excluding hydrogens is 340 g/mol. The van der Waals surface area contributed by atoms with E-state index in [4.69, 9.17) is 33.1 Å². The van der Waals surface area contributed by atoms with E-state index in [1.54, 1.807) is 19.1 Å². The fourth-order valence-corrected chi connectivity index (χ4v) is 2.55. The second-order valence-electron chi connectivity index (χ2n) is 4.27. The summed E-state index contributed by atoms with van der Waals surface area (Å²) in [6.45, 7) is 1.80. The van der Waals surface area contributed by atoms with Gasteiger partial charge in [0, 0.05) is 11.1 Å². The van der Waals surface area contributed by atoms with Crippen LogP contribution in [0.4, 0.5) is 4.39 Å². The van der Waals surface area contributed by atoms with Gasteiger partial charge >= 0.3 is 0 Å². The highest BCUT2D eigenvalue weighted by molar-refractivity contribution is 7.89. The Morgan fingerprint density at radius 3 is 2.38 bits per heavy atom. The number of hydrogen-bond donors (Lipinski definition) is 1. The third-order valence-electron chi connectivity index (χ3n) is 2.66. The minimum atomic E-state index is -4.17. The molecule has 0 bridgehead atoms. The van der Waals surface area contributed by atoms with Crippen LogP contribution in [0.25, 0.3) is 0 Å². The van der Waals surface area contributed by atoms with Crippen molar-refractivity contribution in [3.05, 3.63) is 51.8 Å². The Hall–Kier alpha value is -1.34. The number of primary sulfonamides is 1. The summed E-state index contributed by atoms with van der Waals surface area (Å²) in [6.07, 6.45) is 0. The first-order valence-electron chi connectivity index (χ1n) is 5.64. The smallest absolute Gasteiger partial charge is 0.241 e. The third-order valence-corrected chi connectivity index (χ3v) is 4.29. The van der Waals surface area contributed by atoms with E-state index >= 15 is 0 Å². The topological polar surface area (TPSA) is 69.4 Å². The van der Waals surface area contributed by atoms with E-state index in [-0.39, 0.29) is 16.5 Å². The zero-order valence-corrected chi connectivity index (χ0v) is 13.1. The molecule has 0 amide bonds. The van der Waals surface area contributed by atoms with Crippen LogP contribution in [0.15, 0.2) is 35.2 Å². The molecule has 0 aromatic heterocycles. The molecule has 21 heavy (non-hydrogen) atoms. The first kappa shape index (κ1) is 16.0. The van der Waals surface area contributed by atoms with Crippen molar-refractivity contribution in [2.75, 3.05) is 0 Å². The number of benzene rings is 2. The van der Waals surface area contributed by atoms with Crippen molar-refractivity contribution in [1.82, 2.24) is 0 Å². The van der Waals surface area contributed by atoms with Gasteiger partial charge in [-0.15, -0.1) is 0 Å². The Labute approximate surface area is 131 Å². The van der Waals surface area contributed by atoms with Crippen molar-refractivity contribution >= 4 is 33.2 Å². The maximum Gasteiger partial charge on any atom is 0.241 e. The number of hydrogen-bond acceptors (Lipinski definition) is 3. The molecule has 0 aliphatic rings. The summed E-state index contributed by atoms with van der Waals surface area (Å²) in [6, 6.07) is 6.54. The number of ether oxygens (including phenoxy) is 1. The Morgan fingerprint density at radius 1 is 1.14 bits per heavy atom. The molecule has 112 valence electrons. The second-order valence-corrected chi connectivity index (χ2v) is 6.62. The lowest BCUT2D eigenvalue weighted by Crippen LogP contribution is -2.13. The van der Waals surface area contributed by atoms with Crippen LogP contribution in [-0.4, -0.2) is 8.42 Å². The molecule has 0 heterocycles. The van der Waals surface area contributed by atoms with Gasteiger partial charge in [-0.3, -0.25) is 0 Å². The van der Waals surface area contributed by atoms with Crippen LogP contribution in [0.5, 0.6) is 11.5 Å². The highest BCUT2D eigenvalue weighted by Gasteiger charge is 2.19. The lowest BCUT2D eigenvalue weighted by atomic mass is 10.2. The van der Waals surface area contributed by atoms with Gasteiger partial charge in [0.05, 0.1) is 5.02 Å². The van der Waals surface area contributed by atoms with Gasteiger partial charge in [-0.1, -0.05) is 29.3 Å². The van der Waals surface area contributed by atoms with E-state index < -0.39 is 20.7 Å². The highest BCUT2D eigenvalue weighted by Crippen LogP contribution is 2.34. The summed E-state index contributed by atoms with van der Waals surface area (Å²) in [5, 5.41) is 5.20. The number of nitrogens with two attached hydrogens (primary N) is 1. The molecule has 0 saturated carbocycles. The third kappa shape index (κ3) is 3.65. The summed E-state index contributed by atoms with van der Waals surface area (Å²) >= 11 is 11.6. The number of halogens is 3. The van der Waals surface area contributed by atoms with E-state index in [9.17, 15) is 12.8 Å². The molecule has 0 saturated heterocycles. The van der Waals surface area contributed by atoms with Gasteiger partial charge in [-0.05, 0) is 30.7 Å². The lowest BCUT2D eigenvalue weighted by molar-refractivity contribution is 0.464. The van der Waals surface area contributed by atoms with Crippen molar-refractivity contribution in [2.45, 2.75) is 11.8 Å². The van der Waals surface area contributed by atoms with Crippen LogP contribution in [0.2, 0.25) is 10.0 Å². The Kier molecular flexibility index (Phi) is 4.43. The molecule has 0 aliphatic heterocycles. The van der Waals surface area contributed by atoms with Crippen LogP contribution < -0.4 is 9.88 Å². The predicted molar refractivity (Wildman–Crippen MR) is 79.0 cm³/mol. The highest BCUT2D eigenvalue weighted by atomic mass is 35.5. The molecule has 8 heteroatoms. The summed E-state index contributed by atoms with van der Waals surface area (Å²) in [5.41, 5.74) is 0.827. The number of sulfonamides is 1. The van der Waals surface area contributed by atoms with Gasteiger partial charge in [0.15, 0.2) is 0 Å². The van der Waals surface area contributed by atoms with E-state index in [0.29, 0.717) is 11.1 Å². The standard InChI is InChI=1S/C13H10Cl2FNO3S/c1-7-2-3-8(4-9(7)14)20-12-5-10(15)11(16)6-13(12)21(17,18)19/h2-6H,1H3,(H2,17,18,19). The fourth-order valence-electron chi connectivity index (χ4n) is 1.58. The maximum atomic E-state index is 13.4. The van der Waals surface area contributed by atoms with Crippen LogP contribution in [-0.2, 0) is 10.0 Å². The zero-order valence-electron chi connectivity index (χ0n) is 10.7. The summed E-state index contributed by atoms with van der Waals surface area (Å²) in [4.78, 5) is -0.499. The van der Waals surface area contributed by atoms with E-state index in [2.05, 4.69) is 0 Å². The van der Waals surface area contributed by atoms with Gasteiger partial charge in [-0.25, -0.2) is 17.9 Å². The van der Waals surface area contributed by atoms with E-state index in [1.807, 2.05) is 0 Å². The van der Waals surface area contributed by atoms with Gasteiger partial charge < -0.3 is 4.74 Å². The van der Waals surface area contributed by atoms with Gasteiger partial charge in [0.25, 0.3) is 0 Å². The quantitative estimate of drug-likeness (QED) is 0.913.